The minimum Gasteiger partial charge on any atom is -0.356 e. The average molecular weight is 373 g/mol. The molecule has 0 radical (unpaired) electrons. The van der Waals surface area contributed by atoms with Crippen LogP contribution in [-0.4, -0.2) is 35.1 Å². The van der Waals surface area contributed by atoms with Crippen LogP contribution < -0.4 is 10.6 Å². The molecule has 0 bridgehead atoms. The monoisotopic (exact) mass is 373 g/mol. The van der Waals surface area contributed by atoms with E-state index < -0.39 is 12.1 Å². The van der Waals surface area contributed by atoms with E-state index in [-0.39, 0.29) is 18.8 Å². The lowest BCUT2D eigenvalue weighted by Crippen LogP contribution is -2.40. The zero-order chi connectivity index (χ0) is 17.9. The highest BCUT2D eigenvalue weighted by atomic mass is 32.1. The number of aliphatic imine (C=N–C) groups is 1. The first-order chi connectivity index (χ1) is 12.0. The number of halogens is 3. The number of nitrogens with zero attached hydrogens (tertiary/aromatic N) is 3. The van der Waals surface area contributed by atoms with Gasteiger partial charge in [-0.1, -0.05) is 0 Å². The number of thiazole rings is 1. The number of nitrogens with one attached hydrogen (secondary N) is 2. The molecule has 138 valence electrons. The van der Waals surface area contributed by atoms with E-state index in [0.29, 0.717) is 31.9 Å². The van der Waals surface area contributed by atoms with Gasteiger partial charge in [0.2, 0.25) is 0 Å². The summed E-state index contributed by atoms with van der Waals surface area (Å²) in [5.41, 5.74) is 0.917. The van der Waals surface area contributed by atoms with Gasteiger partial charge in [0.15, 0.2) is 10.9 Å². The van der Waals surface area contributed by atoms with Crippen LogP contribution in [0, 0.1) is 11.8 Å². The van der Waals surface area contributed by atoms with Gasteiger partial charge >= 0.3 is 6.18 Å². The normalized spacial score (nSPS) is 22.3. The van der Waals surface area contributed by atoms with Crippen molar-refractivity contribution in [3.05, 3.63) is 23.5 Å². The third-order valence-corrected chi connectivity index (χ3v) is 5.44. The third kappa shape index (κ3) is 4.65. The molecule has 3 rings (SSSR count). The van der Waals surface area contributed by atoms with Gasteiger partial charge in [0.1, 0.15) is 0 Å². The number of guanidine groups is 1. The summed E-state index contributed by atoms with van der Waals surface area (Å²) in [7, 11) is 1.68. The van der Waals surface area contributed by atoms with Gasteiger partial charge in [-0.3, -0.25) is 9.39 Å². The van der Waals surface area contributed by atoms with Crippen molar-refractivity contribution in [3.63, 3.8) is 0 Å². The largest absolute Gasteiger partial charge is 0.391 e. The Morgan fingerprint density at radius 3 is 2.72 bits per heavy atom. The second-order valence-electron chi connectivity index (χ2n) is 6.39. The van der Waals surface area contributed by atoms with Crippen molar-refractivity contribution in [3.8, 4) is 0 Å². The molecule has 2 aromatic heterocycles. The van der Waals surface area contributed by atoms with Gasteiger partial charge in [0.25, 0.3) is 0 Å². The van der Waals surface area contributed by atoms with Crippen LogP contribution >= 0.6 is 11.3 Å². The molecule has 0 saturated heterocycles. The van der Waals surface area contributed by atoms with Crippen molar-refractivity contribution >= 4 is 22.3 Å². The van der Waals surface area contributed by atoms with Gasteiger partial charge in [-0.05, 0) is 31.6 Å². The molecule has 0 amide bonds. The van der Waals surface area contributed by atoms with Crippen molar-refractivity contribution in [2.45, 2.75) is 38.4 Å². The Labute approximate surface area is 148 Å². The molecule has 9 heteroatoms. The molecule has 2 aromatic rings. The third-order valence-electron chi connectivity index (χ3n) is 4.67. The fourth-order valence-electron chi connectivity index (χ4n) is 3.19. The molecule has 1 aliphatic rings. The van der Waals surface area contributed by atoms with Gasteiger partial charge in [-0.15, -0.1) is 11.3 Å². The highest BCUT2D eigenvalue weighted by molar-refractivity contribution is 7.15. The van der Waals surface area contributed by atoms with Crippen LogP contribution in [0.25, 0.3) is 4.96 Å². The number of hydrogen-bond acceptors (Lipinski definition) is 3. The van der Waals surface area contributed by atoms with Crippen LogP contribution in [0.4, 0.5) is 13.2 Å². The zero-order valence-electron chi connectivity index (χ0n) is 14.0. The van der Waals surface area contributed by atoms with Crippen LogP contribution in [0.15, 0.2) is 22.8 Å². The topological polar surface area (TPSA) is 53.7 Å². The number of aromatic nitrogens is 2. The summed E-state index contributed by atoms with van der Waals surface area (Å²) >= 11 is 1.58. The molecule has 0 aromatic carbocycles. The first-order valence-electron chi connectivity index (χ1n) is 8.38. The molecule has 5 nitrogen and oxygen atoms in total. The Morgan fingerprint density at radius 2 is 2.08 bits per heavy atom. The van der Waals surface area contributed by atoms with Gasteiger partial charge < -0.3 is 10.6 Å². The van der Waals surface area contributed by atoms with E-state index in [1.807, 2.05) is 22.2 Å². The van der Waals surface area contributed by atoms with Crippen molar-refractivity contribution in [2.75, 3.05) is 13.6 Å². The first-order valence-corrected chi connectivity index (χ1v) is 9.26. The fourth-order valence-corrected chi connectivity index (χ4v) is 3.91. The molecule has 1 aliphatic carbocycles. The molecular formula is C16H22F3N5S. The maximum Gasteiger partial charge on any atom is 0.391 e. The molecule has 1 saturated carbocycles. The van der Waals surface area contributed by atoms with Gasteiger partial charge in [-0.25, -0.2) is 4.98 Å². The second kappa shape index (κ2) is 7.63. The summed E-state index contributed by atoms with van der Waals surface area (Å²) in [4.78, 5) is 9.60. The number of alkyl halides is 3. The summed E-state index contributed by atoms with van der Waals surface area (Å²) in [6.45, 7) is 1.19. The number of imidazole rings is 1. The van der Waals surface area contributed by atoms with Crippen LogP contribution in [0.5, 0.6) is 0 Å². The molecule has 0 atom stereocenters. The number of hydrogen-bond donors (Lipinski definition) is 2. The first kappa shape index (κ1) is 18.0. The SMILES string of the molecule is CN=C(NCc1cn2ccsc2n1)NCC1CCC(C(F)(F)F)CC1. The summed E-state index contributed by atoms with van der Waals surface area (Å²) < 4.78 is 40.1. The summed E-state index contributed by atoms with van der Waals surface area (Å²) in [5, 5.41) is 8.39. The van der Waals surface area contributed by atoms with Crippen molar-refractivity contribution in [1.82, 2.24) is 20.0 Å². The van der Waals surface area contributed by atoms with Gasteiger partial charge in [-0.2, -0.15) is 13.2 Å². The predicted octanol–water partition coefficient (Wildman–Crippen LogP) is 3.43. The molecule has 0 spiro atoms. The molecule has 2 N–H and O–H groups in total. The minimum atomic E-state index is -4.05. The van der Waals surface area contributed by atoms with E-state index in [0.717, 1.165) is 10.7 Å². The maximum atomic E-state index is 12.7. The highest BCUT2D eigenvalue weighted by Gasteiger charge is 2.41. The summed E-state index contributed by atoms with van der Waals surface area (Å²) in [6, 6.07) is 0. The lowest BCUT2D eigenvalue weighted by Gasteiger charge is -2.30. The Balaban J connectivity index is 1.41. The smallest absolute Gasteiger partial charge is 0.356 e. The van der Waals surface area contributed by atoms with Crippen LogP contribution in [0.2, 0.25) is 0 Å². The van der Waals surface area contributed by atoms with Crippen molar-refractivity contribution in [2.24, 2.45) is 16.8 Å². The Hall–Kier alpha value is -1.77. The lowest BCUT2D eigenvalue weighted by atomic mass is 9.81. The zero-order valence-corrected chi connectivity index (χ0v) is 14.8. The number of fused-ring (bicyclic) bond motifs is 1. The highest BCUT2D eigenvalue weighted by Crippen LogP contribution is 2.39. The standard InChI is InChI=1S/C16H22F3N5S/c1-20-14(22-9-13-10-24-6-7-25-15(24)23-13)21-8-11-2-4-12(5-3-11)16(17,18)19/h6-7,10-12H,2-5,8-9H2,1H3,(H2,20,21,22). The second-order valence-corrected chi connectivity index (χ2v) is 7.26. The number of rotatable bonds is 4. The van der Waals surface area contributed by atoms with E-state index >= 15 is 0 Å². The van der Waals surface area contributed by atoms with Crippen molar-refractivity contribution in [1.29, 1.82) is 0 Å². The van der Waals surface area contributed by atoms with E-state index in [2.05, 4.69) is 20.6 Å². The minimum absolute atomic E-state index is 0.229. The van der Waals surface area contributed by atoms with Gasteiger partial charge in [0.05, 0.1) is 18.2 Å². The quantitative estimate of drug-likeness (QED) is 0.638. The molecule has 25 heavy (non-hydrogen) atoms. The summed E-state index contributed by atoms with van der Waals surface area (Å²) in [5.74, 6) is -0.222. The molecule has 2 heterocycles. The molecule has 0 aliphatic heterocycles. The van der Waals surface area contributed by atoms with E-state index in [1.165, 1.54) is 0 Å². The van der Waals surface area contributed by atoms with E-state index in [1.54, 1.807) is 18.4 Å². The Kier molecular flexibility index (Phi) is 5.51. The fraction of sp³-hybridized carbons (Fsp3) is 0.625. The van der Waals surface area contributed by atoms with E-state index in [9.17, 15) is 13.2 Å². The Morgan fingerprint density at radius 1 is 1.32 bits per heavy atom. The van der Waals surface area contributed by atoms with Crippen LogP contribution in [0.1, 0.15) is 31.4 Å². The molecular weight excluding hydrogens is 351 g/mol. The van der Waals surface area contributed by atoms with Crippen LogP contribution in [-0.2, 0) is 6.54 Å². The lowest BCUT2D eigenvalue weighted by molar-refractivity contribution is -0.183. The van der Waals surface area contributed by atoms with Gasteiger partial charge in [0, 0.05) is 31.4 Å². The summed E-state index contributed by atoms with van der Waals surface area (Å²) in [6.07, 6.45) is 1.54. The predicted molar refractivity (Wildman–Crippen MR) is 92.8 cm³/mol. The maximum absolute atomic E-state index is 12.7. The van der Waals surface area contributed by atoms with Crippen molar-refractivity contribution < 1.29 is 13.2 Å². The van der Waals surface area contributed by atoms with Crippen LogP contribution in [0.3, 0.4) is 0 Å². The molecule has 0 unspecified atom stereocenters. The van der Waals surface area contributed by atoms with E-state index in [4.69, 9.17) is 0 Å². The Bertz CT molecular complexity index is 684. The molecule has 1 fully saturated rings. The average Bonchev–Trinajstić information content (AvgIpc) is 3.16.